The molecule has 1 N–H and O–H groups in total. The molecule has 0 radical (unpaired) electrons. The number of hydrogen-bond acceptors (Lipinski definition) is 3. The SMILES string of the molecule is N#CC1(NC2CCCC2)CCN(C2CC2)C1. The number of nitrogens with zero attached hydrogens (tertiary/aromatic N) is 2. The second-order valence-corrected chi connectivity index (χ2v) is 5.77. The lowest BCUT2D eigenvalue weighted by Gasteiger charge is -2.27. The molecule has 0 aromatic carbocycles. The molecule has 3 aliphatic rings. The van der Waals surface area contributed by atoms with Crippen LogP contribution in [0.4, 0.5) is 0 Å². The second-order valence-electron chi connectivity index (χ2n) is 5.77. The quantitative estimate of drug-likeness (QED) is 0.784. The summed E-state index contributed by atoms with van der Waals surface area (Å²) in [5.41, 5.74) is -0.225. The smallest absolute Gasteiger partial charge is 0.121 e. The third-order valence-electron chi connectivity index (χ3n) is 4.41. The van der Waals surface area contributed by atoms with Gasteiger partial charge >= 0.3 is 0 Å². The fraction of sp³-hybridized carbons (Fsp3) is 0.923. The van der Waals surface area contributed by atoms with Crippen LogP contribution in [0.3, 0.4) is 0 Å². The zero-order valence-corrected chi connectivity index (χ0v) is 9.91. The Hall–Kier alpha value is -0.590. The zero-order valence-electron chi connectivity index (χ0n) is 9.91. The topological polar surface area (TPSA) is 39.1 Å². The number of likely N-dealkylation sites (tertiary alicyclic amines) is 1. The average Bonchev–Trinajstić information content (AvgIpc) is 2.88. The Kier molecular flexibility index (Phi) is 2.65. The molecule has 0 aromatic rings. The summed E-state index contributed by atoms with van der Waals surface area (Å²) in [5.74, 6) is 0. The molecule has 0 amide bonds. The van der Waals surface area contributed by atoms with Crippen LogP contribution in [0.5, 0.6) is 0 Å². The molecular weight excluding hydrogens is 198 g/mol. The van der Waals surface area contributed by atoms with Gasteiger partial charge in [0, 0.05) is 25.2 Å². The predicted molar refractivity (Wildman–Crippen MR) is 62.9 cm³/mol. The van der Waals surface area contributed by atoms with E-state index in [2.05, 4.69) is 16.3 Å². The van der Waals surface area contributed by atoms with Crippen molar-refractivity contribution >= 4 is 0 Å². The summed E-state index contributed by atoms with van der Waals surface area (Å²) in [5, 5.41) is 13.1. The van der Waals surface area contributed by atoms with Crippen LogP contribution in [-0.4, -0.2) is 35.6 Å². The highest BCUT2D eigenvalue weighted by atomic mass is 15.3. The average molecular weight is 219 g/mol. The minimum atomic E-state index is -0.225. The van der Waals surface area contributed by atoms with Crippen molar-refractivity contribution < 1.29 is 0 Å². The lowest BCUT2D eigenvalue weighted by atomic mass is 9.99. The summed E-state index contributed by atoms with van der Waals surface area (Å²) >= 11 is 0. The maximum absolute atomic E-state index is 9.46. The van der Waals surface area contributed by atoms with Crippen LogP contribution in [-0.2, 0) is 0 Å². The first-order chi connectivity index (χ1) is 7.81. The second kappa shape index (κ2) is 4.01. The van der Waals surface area contributed by atoms with Gasteiger partial charge < -0.3 is 0 Å². The highest BCUT2D eigenvalue weighted by molar-refractivity contribution is 5.15. The Bertz CT molecular complexity index is 299. The Morgan fingerprint density at radius 3 is 2.56 bits per heavy atom. The third-order valence-corrected chi connectivity index (χ3v) is 4.41. The van der Waals surface area contributed by atoms with Gasteiger partial charge in [-0.25, -0.2) is 0 Å². The Balaban J connectivity index is 1.62. The standard InChI is InChI=1S/C13H21N3/c14-9-13(15-11-3-1-2-4-11)7-8-16(10-13)12-5-6-12/h11-12,15H,1-8,10H2. The summed E-state index contributed by atoms with van der Waals surface area (Å²) in [7, 11) is 0. The van der Waals surface area contributed by atoms with E-state index in [0.717, 1.165) is 25.6 Å². The molecule has 1 heterocycles. The van der Waals surface area contributed by atoms with E-state index < -0.39 is 0 Å². The molecule has 1 aliphatic heterocycles. The van der Waals surface area contributed by atoms with Crippen molar-refractivity contribution in [3.63, 3.8) is 0 Å². The molecule has 1 atom stereocenters. The third kappa shape index (κ3) is 1.97. The normalized spacial score (nSPS) is 36.7. The van der Waals surface area contributed by atoms with Crippen LogP contribution in [0.2, 0.25) is 0 Å². The molecule has 3 rings (SSSR count). The van der Waals surface area contributed by atoms with Crippen molar-refractivity contribution in [1.29, 1.82) is 5.26 Å². The van der Waals surface area contributed by atoms with Gasteiger partial charge in [-0.05, 0) is 32.1 Å². The van der Waals surface area contributed by atoms with Gasteiger partial charge in [0.15, 0.2) is 0 Å². The number of nitrogens with one attached hydrogen (secondary N) is 1. The summed E-state index contributed by atoms with van der Waals surface area (Å²) in [6.45, 7) is 2.09. The molecule has 0 aromatic heterocycles. The van der Waals surface area contributed by atoms with Gasteiger partial charge in [0.1, 0.15) is 5.54 Å². The minimum absolute atomic E-state index is 0.225. The first-order valence-electron chi connectivity index (χ1n) is 6.74. The largest absolute Gasteiger partial charge is 0.297 e. The van der Waals surface area contributed by atoms with Crippen molar-refractivity contribution in [3.8, 4) is 6.07 Å². The Morgan fingerprint density at radius 2 is 1.94 bits per heavy atom. The van der Waals surface area contributed by atoms with Crippen LogP contribution >= 0.6 is 0 Å². The first kappa shape index (κ1) is 10.6. The monoisotopic (exact) mass is 219 g/mol. The van der Waals surface area contributed by atoms with Gasteiger partial charge in [0.25, 0.3) is 0 Å². The van der Waals surface area contributed by atoms with Gasteiger partial charge in [0.2, 0.25) is 0 Å². The van der Waals surface area contributed by atoms with Crippen molar-refractivity contribution in [2.45, 2.75) is 62.6 Å². The van der Waals surface area contributed by atoms with E-state index in [4.69, 9.17) is 0 Å². The van der Waals surface area contributed by atoms with Crippen LogP contribution in [0.1, 0.15) is 44.9 Å². The van der Waals surface area contributed by atoms with E-state index in [9.17, 15) is 5.26 Å². The lowest BCUT2D eigenvalue weighted by molar-refractivity contribution is 0.289. The van der Waals surface area contributed by atoms with Gasteiger partial charge in [-0.2, -0.15) is 5.26 Å². The lowest BCUT2D eigenvalue weighted by Crippen LogP contribution is -2.50. The summed E-state index contributed by atoms with van der Waals surface area (Å²) < 4.78 is 0. The zero-order chi connectivity index (χ0) is 11.0. The first-order valence-corrected chi connectivity index (χ1v) is 6.74. The van der Waals surface area contributed by atoms with E-state index >= 15 is 0 Å². The molecule has 1 saturated heterocycles. The molecule has 16 heavy (non-hydrogen) atoms. The van der Waals surface area contributed by atoms with E-state index in [-0.39, 0.29) is 5.54 Å². The number of rotatable bonds is 3. The van der Waals surface area contributed by atoms with Gasteiger partial charge in [0.05, 0.1) is 6.07 Å². The predicted octanol–water partition coefficient (Wildman–Crippen LogP) is 1.65. The van der Waals surface area contributed by atoms with Crippen LogP contribution in [0.25, 0.3) is 0 Å². The molecule has 0 bridgehead atoms. The molecule has 3 heteroatoms. The van der Waals surface area contributed by atoms with Crippen molar-refractivity contribution in [2.24, 2.45) is 0 Å². The van der Waals surface area contributed by atoms with Crippen LogP contribution in [0.15, 0.2) is 0 Å². The highest BCUT2D eigenvalue weighted by Crippen LogP contribution is 2.34. The molecule has 2 aliphatic carbocycles. The molecule has 88 valence electrons. The fourth-order valence-electron chi connectivity index (χ4n) is 3.29. The maximum Gasteiger partial charge on any atom is 0.121 e. The summed E-state index contributed by atoms with van der Waals surface area (Å²) in [6, 6.07) is 3.98. The summed E-state index contributed by atoms with van der Waals surface area (Å²) in [6.07, 6.45) is 8.95. The van der Waals surface area contributed by atoms with Gasteiger partial charge in [-0.1, -0.05) is 12.8 Å². The van der Waals surface area contributed by atoms with E-state index in [0.29, 0.717) is 6.04 Å². The Morgan fingerprint density at radius 1 is 1.19 bits per heavy atom. The fourth-order valence-corrected chi connectivity index (χ4v) is 3.29. The highest BCUT2D eigenvalue weighted by Gasteiger charge is 2.44. The molecule has 1 unspecified atom stereocenters. The molecule has 3 fully saturated rings. The van der Waals surface area contributed by atoms with Crippen molar-refractivity contribution in [3.05, 3.63) is 0 Å². The number of nitriles is 1. The van der Waals surface area contributed by atoms with Crippen LogP contribution < -0.4 is 5.32 Å². The van der Waals surface area contributed by atoms with E-state index in [1.165, 1.54) is 38.5 Å². The van der Waals surface area contributed by atoms with Gasteiger partial charge in [-0.3, -0.25) is 10.2 Å². The van der Waals surface area contributed by atoms with Crippen molar-refractivity contribution in [1.82, 2.24) is 10.2 Å². The van der Waals surface area contributed by atoms with Crippen LogP contribution in [0, 0.1) is 11.3 Å². The number of hydrogen-bond donors (Lipinski definition) is 1. The Labute approximate surface area is 97.8 Å². The van der Waals surface area contributed by atoms with E-state index in [1.54, 1.807) is 0 Å². The van der Waals surface area contributed by atoms with Gasteiger partial charge in [-0.15, -0.1) is 0 Å². The molecule has 0 spiro atoms. The van der Waals surface area contributed by atoms with Crippen molar-refractivity contribution in [2.75, 3.05) is 13.1 Å². The minimum Gasteiger partial charge on any atom is -0.297 e. The van der Waals surface area contributed by atoms with E-state index in [1.807, 2.05) is 0 Å². The molecular formula is C13H21N3. The molecule has 3 nitrogen and oxygen atoms in total. The molecule has 2 saturated carbocycles. The maximum atomic E-state index is 9.46. The summed E-state index contributed by atoms with van der Waals surface area (Å²) in [4.78, 5) is 2.52.